The average Bonchev–Trinajstić information content (AvgIpc) is 1.85. The van der Waals surface area contributed by atoms with E-state index in [0.717, 1.165) is 19.5 Å². The summed E-state index contributed by atoms with van der Waals surface area (Å²) in [6.45, 7) is 5.97. The Morgan fingerprint density at radius 3 is 2.55 bits per heavy atom. The van der Waals surface area contributed by atoms with Crippen LogP contribution in [0.5, 0.6) is 0 Å². The fourth-order valence-corrected chi connectivity index (χ4v) is 1.57. The average molecular weight is 158 g/mol. The van der Waals surface area contributed by atoms with Crippen LogP contribution in [0.3, 0.4) is 0 Å². The molecule has 1 aliphatic heterocycles. The zero-order valence-corrected chi connectivity index (χ0v) is 7.33. The van der Waals surface area contributed by atoms with Gasteiger partial charge >= 0.3 is 0 Å². The summed E-state index contributed by atoms with van der Waals surface area (Å²) in [5.41, 5.74) is 5.75. The van der Waals surface area contributed by atoms with Crippen LogP contribution in [-0.2, 0) is 0 Å². The first kappa shape index (κ1) is 8.97. The Morgan fingerprint density at radius 1 is 1.45 bits per heavy atom. The first-order valence-electron chi connectivity index (χ1n) is 4.27. The molecule has 0 saturated carbocycles. The lowest BCUT2D eigenvalue weighted by molar-refractivity contribution is 0.0447. The molecular weight excluding hydrogens is 140 g/mol. The molecule has 1 heterocycles. The number of aliphatic hydroxyl groups excluding tert-OH is 1. The zero-order valence-electron chi connectivity index (χ0n) is 7.33. The highest BCUT2D eigenvalue weighted by molar-refractivity contribution is 4.82. The van der Waals surface area contributed by atoms with E-state index in [0.29, 0.717) is 6.04 Å². The maximum atomic E-state index is 9.38. The van der Waals surface area contributed by atoms with Crippen LogP contribution in [0.4, 0.5) is 0 Å². The second kappa shape index (κ2) is 3.52. The Hall–Kier alpha value is -0.120. The van der Waals surface area contributed by atoms with Gasteiger partial charge in [-0.15, -0.1) is 0 Å². The Balaban J connectivity index is 2.43. The SMILES string of the molecule is CC(C)N1C[C@@H](N)C[C@H](O)C1. The molecule has 0 aromatic rings. The summed E-state index contributed by atoms with van der Waals surface area (Å²) in [4.78, 5) is 2.22. The number of likely N-dealkylation sites (tertiary alicyclic amines) is 1. The highest BCUT2D eigenvalue weighted by atomic mass is 16.3. The molecule has 3 N–H and O–H groups in total. The minimum Gasteiger partial charge on any atom is -0.392 e. The van der Waals surface area contributed by atoms with Crippen LogP contribution in [0, 0.1) is 0 Å². The van der Waals surface area contributed by atoms with Gasteiger partial charge in [-0.2, -0.15) is 0 Å². The molecule has 0 spiro atoms. The summed E-state index contributed by atoms with van der Waals surface area (Å²) in [7, 11) is 0. The number of nitrogens with zero attached hydrogens (tertiary/aromatic N) is 1. The van der Waals surface area contributed by atoms with Crippen molar-refractivity contribution in [2.24, 2.45) is 5.73 Å². The van der Waals surface area contributed by atoms with E-state index in [-0.39, 0.29) is 12.1 Å². The van der Waals surface area contributed by atoms with Gasteiger partial charge in [0.1, 0.15) is 0 Å². The Labute approximate surface area is 68.2 Å². The molecule has 0 aromatic carbocycles. The molecule has 1 rings (SSSR count). The monoisotopic (exact) mass is 158 g/mol. The molecule has 3 heteroatoms. The molecule has 0 bridgehead atoms. The second-order valence-electron chi connectivity index (χ2n) is 3.70. The molecule has 0 amide bonds. The van der Waals surface area contributed by atoms with Crippen molar-refractivity contribution < 1.29 is 5.11 Å². The Morgan fingerprint density at radius 2 is 2.09 bits per heavy atom. The van der Waals surface area contributed by atoms with E-state index < -0.39 is 0 Å². The molecule has 2 atom stereocenters. The van der Waals surface area contributed by atoms with E-state index in [4.69, 9.17) is 5.73 Å². The Kier molecular flexibility index (Phi) is 2.87. The third-order valence-electron chi connectivity index (χ3n) is 2.22. The van der Waals surface area contributed by atoms with E-state index in [1.165, 1.54) is 0 Å². The summed E-state index contributed by atoms with van der Waals surface area (Å²) in [6, 6.07) is 0.650. The predicted molar refractivity (Wildman–Crippen MR) is 45.3 cm³/mol. The van der Waals surface area contributed by atoms with Crippen LogP contribution in [0.1, 0.15) is 20.3 Å². The normalized spacial score (nSPS) is 34.6. The van der Waals surface area contributed by atoms with Gasteiger partial charge in [0.05, 0.1) is 6.10 Å². The molecule has 0 aliphatic carbocycles. The van der Waals surface area contributed by atoms with Crippen molar-refractivity contribution in [1.29, 1.82) is 0 Å². The summed E-state index contributed by atoms with van der Waals surface area (Å²) in [5, 5.41) is 9.38. The summed E-state index contributed by atoms with van der Waals surface area (Å²) >= 11 is 0. The van der Waals surface area contributed by atoms with Crippen molar-refractivity contribution in [3.63, 3.8) is 0 Å². The molecule has 3 nitrogen and oxygen atoms in total. The van der Waals surface area contributed by atoms with E-state index >= 15 is 0 Å². The van der Waals surface area contributed by atoms with Crippen LogP contribution in [-0.4, -0.2) is 41.3 Å². The molecular formula is C8H18N2O. The molecule has 0 unspecified atom stereocenters. The number of hydrogen-bond donors (Lipinski definition) is 2. The quantitative estimate of drug-likeness (QED) is 0.555. The van der Waals surface area contributed by atoms with Crippen molar-refractivity contribution in [3.05, 3.63) is 0 Å². The van der Waals surface area contributed by atoms with Crippen molar-refractivity contribution >= 4 is 0 Å². The van der Waals surface area contributed by atoms with Gasteiger partial charge in [-0.25, -0.2) is 0 Å². The molecule has 0 aromatic heterocycles. The number of rotatable bonds is 1. The van der Waals surface area contributed by atoms with Gasteiger partial charge in [0.25, 0.3) is 0 Å². The van der Waals surface area contributed by atoms with Crippen LogP contribution < -0.4 is 5.73 Å². The van der Waals surface area contributed by atoms with Crippen molar-refractivity contribution in [3.8, 4) is 0 Å². The number of piperidine rings is 1. The van der Waals surface area contributed by atoms with E-state index in [1.54, 1.807) is 0 Å². The van der Waals surface area contributed by atoms with Crippen molar-refractivity contribution in [2.45, 2.75) is 38.5 Å². The lowest BCUT2D eigenvalue weighted by Crippen LogP contribution is -2.51. The molecule has 1 saturated heterocycles. The van der Waals surface area contributed by atoms with Gasteiger partial charge in [-0.3, -0.25) is 4.90 Å². The molecule has 66 valence electrons. The lowest BCUT2D eigenvalue weighted by atomic mass is 10.0. The van der Waals surface area contributed by atoms with Gasteiger partial charge in [0, 0.05) is 25.2 Å². The van der Waals surface area contributed by atoms with Crippen molar-refractivity contribution in [2.75, 3.05) is 13.1 Å². The van der Waals surface area contributed by atoms with Crippen LogP contribution in [0.2, 0.25) is 0 Å². The summed E-state index contributed by atoms with van der Waals surface area (Å²) < 4.78 is 0. The highest BCUT2D eigenvalue weighted by Crippen LogP contribution is 2.11. The highest BCUT2D eigenvalue weighted by Gasteiger charge is 2.24. The fraction of sp³-hybridized carbons (Fsp3) is 1.00. The van der Waals surface area contributed by atoms with E-state index in [9.17, 15) is 5.11 Å². The first-order valence-corrected chi connectivity index (χ1v) is 4.27. The summed E-state index contributed by atoms with van der Waals surface area (Å²) in [6.07, 6.45) is 0.532. The minimum absolute atomic E-state index is 0.154. The zero-order chi connectivity index (χ0) is 8.43. The van der Waals surface area contributed by atoms with Gasteiger partial charge in [-0.05, 0) is 20.3 Å². The molecule has 11 heavy (non-hydrogen) atoms. The molecule has 1 fully saturated rings. The largest absolute Gasteiger partial charge is 0.392 e. The topological polar surface area (TPSA) is 49.5 Å². The van der Waals surface area contributed by atoms with Gasteiger partial charge in [-0.1, -0.05) is 0 Å². The van der Waals surface area contributed by atoms with Gasteiger partial charge < -0.3 is 10.8 Å². The number of aliphatic hydroxyl groups is 1. The van der Waals surface area contributed by atoms with Crippen LogP contribution in [0.15, 0.2) is 0 Å². The number of hydrogen-bond acceptors (Lipinski definition) is 3. The maximum absolute atomic E-state index is 9.38. The fourth-order valence-electron chi connectivity index (χ4n) is 1.57. The van der Waals surface area contributed by atoms with E-state index in [1.807, 2.05) is 0 Å². The maximum Gasteiger partial charge on any atom is 0.0682 e. The van der Waals surface area contributed by atoms with Crippen LogP contribution >= 0.6 is 0 Å². The summed E-state index contributed by atoms with van der Waals surface area (Å²) in [5.74, 6) is 0. The number of β-amino-alcohol motifs (C(OH)–C–C–N with tert-alkyl or cyclic N) is 1. The minimum atomic E-state index is -0.221. The third kappa shape index (κ3) is 2.43. The standard InChI is InChI=1S/C8H18N2O/c1-6(2)10-4-7(9)3-8(11)5-10/h6-8,11H,3-5,9H2,1-2H3/t7-,8-/m0/s1. The molecule has 1 aliphatic rings. The predicted octanol–water partition coefficient (Wildman–Crippen LogP) is -0.211. The third-order valence-corrected chi connectivity index (χ3v) is 2.22. The van der Waals surface area contributed by atoms with Gasteiger partial charge in [0.2, 0.25) is 0 Å². The lowest BCUT2D eigenvalue weighted by Gasteiger charge is -2.36. The van der Waals surface area contributed by atoms with Gasteiger partial charge in [0.15, 0.2) is 0 Å². The smallest absolute Gasteiger partial charge is 0.0682 e. The van der Waals surface area contributed by atoms with Crippen LogP contribution in [0.25, 0.3) is 0 Å². The number of nitrogens with two attached hydrogens (primary N) is 1. The first-order chi connectivity index (χ1) is 5.09. The van der Waals surface area contributed by atoms with Crippen molar-refractivity contribution in [1.82, 2.24) is 4.90 Å². The molecule has 0 radical (unpaired) electrons. The Bertz CT molecular complexity index is 117. The second-order valence-corrected chi connectivity index (χ2v) is 3.70. The van der Waals surface area contributed by atoms with E-state index in [2.05, 4.69) is 18.7 Å².